The Morgan fingerprint density at radius 3 is 3.00 bits per heavy atom. The largest absolute Gasteiger partial charge is 0.252 e. The molecule has 0 aromatic carbocycles. The average molecular weight is 115 g/mol. The van der Waals surface area contributed by atoms with Gasteiger partial charge < -0.3 is 0 Å². The van der Waals surface area contributed by atoms with E-state index in [9.17, 15) is 0 Å². The summed E-state index contributed by atoms with van der Waals surface area (Å²) in [4.78, 5) is 9.67. The zero-order chi connectivity index (χ0) is 5.82. The molecule has 0 unspecified atom stereocenters. The average Bonchev–Trinajstić information content (AvgIpc) is 1.90. The van der Waals surface area contributed by atoms with Crippen LogP contribution in [0.3, 0.4) is 0 Å². The van der Waals surface area contributed by atoms with Gasteiger partial charge in [0.25, 0.3) is 0 Å². The predicted molar refractivity (Wildman–Crippen MR) is 28.6 cm³/mol. The van der Waals surface area contributed by atoms with Gasteiger partial charge in [-0.15, -0.1) is 5.23 Å². The molecule has 0 spiro atoms. The van der Waals surface area contributed by atoms with Crippen molar-refractivity contribution in [2.24, 2.45) is 0 Å². The topological polar surface area (TPSA) is 21.7 Å². The highest BCUT2D eigenvalue weighted by Gasteiger charge is 1.99. The van der Waals surface area contributed by atoms with Gasteiger partial charge in [-0.1, -0.05) is 6.08 Å². The Morgan fingerprint density at radius 1 is 1.75 bits per heavy atom. The van der Waals surface area contributed by atoms with Gasteiger partial charge in [-0.3, -0.25) is 4.84 Å². The van der Waals surface area contributed by atoms with Crippen LogP contribution < -0.4 is 0 Å². The summed E-state index contributed by atoms with van der Waals surface area (Å²) in [6, 6.07) is 0. The second kappa shape index (κ2) is 2.69. The maximum atomic E-state index is 4.95. The van der Waals surface area contributed by atoms with Crippen LogP contribution in [-0.4, -0.2) is 18.9 Å². The number of hydrogen-bond donors (Lipinski definition) is 0. The van der Waals surface area contributed by atoms with Gasteiger partial charge in [-0.25, -0.2) is 4.84 Å². The molecule has 3 nitrogen and oxygen atoms in total. The molecule has 1 heterocycles. The molecule has 0 atom stereocenters. The molecule has 0 aliphatic carbocycles. The van der Waals surface area contributed by atoms with Gasteiger partial charge in [0, 0.05) is 0 Å². The molecular weight excluding hydrogens is 106 g/mol. The first-order chi connectivity index (χ1) is 3.93. The summed E-state index contributed by atoms with van der Waals surface area (Å²) in [6.45, 7) is 0.713. The Labute approximate surface area is 48.4 Å². The van der Waals surface area contributed by atoms with Crippen LogP contribution in [0.1, 0.15) is 6.42 Å². The predicted octanol–water partition coefficient (Wildman–Crippen LogP) is 0.699. The van der Waals surface area contributed by atoms with E-state index < -0.39 is 0 Å². The molecule has 1 rings (SSSR count). The van der Waals surface area contributed by atoms with Crippen molar-refractivity contribution in [2.45, 2.75) is 6.42 Å². The smallest absolute Gasteiger partial charge is 0.0810 e. The summed E-state index contributed by atoms with van der Waals surface area (Å²) in [5, 5.41) is 1.34. The first-order valence-corrected chi connectivity index (χ1v) is 2.56. The third-order valence-corrected chi connectivity index (χ3v) is 0.910. The summed E-state index contributed by atoms with van der Waals surface area (Å²) >= 11 is 0. The van der Waals surface area contributed by atoms with Crippen LogP contribution in [0.2, 0.25) is 0 Å². The number of hydrogen-bond acceptors (Lipinski definition) is 3. The van der Waals surface area contributed by atoms with Gasteiger partial charge in [0.2, 0.25) is 0 Å². The van der Waals surface area contributed by atoms with E-state index in [0.29, 0.717) is 6.61 Å². The van der Waals surface area contributed by atoms with Crippen molar-refractivity contribution >= 4 is 0 Å². The van der Waals surface area contributed by atoms with Crippen molar-refractivity contribution < 1.29 is 9.68 Å². The van der Waals surface area contributed by atoms with Crippen LogP contribution in [0.5, 0.6) is 0 Å². The Kier molecular flexibility index (Phi) is 1.88. The lowest BCUT2D eigenvalue weighted by atomic mass is 10.4. The van der Waals surface area contributed by atoms with Gasteiger partial charge in [0.15, 0.2) is 0 Å². The minimum absolute atomic E-state index is 0.713. The molecule has 0 aromatic rings. The molecule has 0 fully saturated rings. The van der Waals surface area contributed by atoms with E-state index in [4.69, 9.17) is 9.68 Å². The van der Waals surface area contributed by atoms with Crippen LogP contribution in [-0.2, 0) is 9.68 Å². The SMILES string of the molecule is CON1C=CCCO1. The van der Waals surface area contributed by atoms with Crippen LogP contribution in [0.25, 0.3) is 0 Å². The fourth-order valence-corrected chi connectivity index (χ4v) is 0.528. The molecule has 1 aliphatic rings. The quantitative estimate of drug-likeness (QED) is 0.502. The van der Waals surface area contributed by atoms with Crippen LogP contribution in [0.15, 0.2) is 12.3 Å². The van der Waals surface area contributed by atoms with Crippen molar-refractivity contribution in [3.8, 4) is 0 Å². The Morgan fingerprint density at radius 2 is 2.62 bits per heavy atom. The number of nitrogens with zero attached hydrogens (tertiary/aromatic N) is 1. The normalized spacial score (nSPS) is 19.4. The van der Waals surface area contributed by atoms with Gasteiger partial charge in [0.1, 0.15) is 0 Å². The highest BCUT2D eigenvalue weighted by atomic mass is 16.9. The summed E-state index contributed by atoms with van der Waals surface area (Å²) in [5.74, 6) is 0. The minimum atomic E-state index is 0.713. The van der Waals surface area contributed by atoms with Crippen molar-refractivity contribution in [3.05, 3.63) is 12.3 Å². The second-order valence-corrected chi connectivity index (χ2v) is 1.47. The highest BCUT2D eigenvalue weighted by Crippen LogP contribution is 2.00. The number of hydroxylamine groups is 2. The van der Waals surface area contributed by atoms with Crippen LogP contribution in [0.4, 0.5) is 0 Å². The van der Waals surface area contributed by atoms with Crippen molar-refractivity contribution in [3.63, 3.8) is 0 Å². The molecule has 1 aliphatic heterocycles. The van der Waals surface area contributed by atoms with E-state index in [1.807, 2.05) is 6.08 Å². The second-order valence-electron chi connectivity index (χ2n) is 1.47. The maximum Gasteiger partial charge on any atom is 0.0810 e. The van der Waals surface area contributed by atoms with Crippen molar-refractivity contribution in [2.75, 3.05) is 13.7 Å². The fourth-order valence-electron chi connectivity index (χ4n) is 0.528. The fraction of sp³-hybridized carbons (Fsp3) is 0.600. The molecule has 3 heteroatoms. The van der Waals surface area contributed by atoms with E-state index in [2.05, 4.69) is 0 Å². The standard InChI is InChI=1S/C5H9NO2/c1-7-6-4-2-3-5-8-6/h2,4H,3,5H2,1H3. The first kappa shape index (κ1) is 5.59. The molecule has 46 valence electrons. The number of rotatable bonds is 1. The van der Waals surface area contributed by atoms with E-state index in [1.165, 1.54) is 5.23 Å². The maximum absolute atomic E-state index is 4.95. The molecule has 0 amide bonds. The molecule has 0 radical (unpaired) electrons. The minimum Gasteiger partial charge on any atom is -0.252 e. The van der Waals surface area contributed by atoms with E-state index >= 15 is 0 Å². The van der Waals surface area contributed by atoms with Gasteiger partial charge in [-0.2, -0.15) is 0 Å². The van der Waals surface area contributed by atoms with E-state index in [1.54, 1.807) is 13.3 Å². The molecule has 0 saturated heterocycles. The van der Waals surface area contributed by atoms with E-state index in [0.717, 1.165) is 6.42 Å². The van der Waals surface area contributed by atoms with Crippen LogP contribution in [0, 0.1) is 0 Å². The lowest BCUT2D eigenvalue weighted by Crippen LogP contribution is -2.19. The molecule has 0 aromatic heterocycles. The first-order valence-electron chi connectivity index (χ1n) is 2.56. The lowest BCUT2D eigenvalue weighted by molar-refractivity contribution is -0.326. The molecule has 8 heavy (non-hydrogen) atoms. The van der Waals surface area contributed by atoms with E-state index in [-0.39, 0.29) is 0 Å². The summed E-state index contributed by atoms with van der Waals surface area (Å²) < 4.78 is 0. The summed E-state index contributed by atoms with van der Waals surface area (Å²) in [5.41, 5.74) is 0. The van der Waals surface area contributed by atoms with Gasteiger partial charge in [0.05, 0.1) is 19.9 Å². The molecule has 0 saturated carbocycles. The summed E-state index contributed by atoms with van der Waals surface area (Å²) in [7, 11) is 1.57. The molecular formula is C5H9NO2. The van der Waals surface area contributed by atoms with Crippen LogP contribution >= 0.6 is 0 Å². The monoisotopic (exact) mass is 115 g/mol. The Balaban J connectivity index is 2.32. The van der Waals surface area contributed by atoms with Gasteiger partial charge in [-0.05, 0) is 6.42 Å². The molecule has 0 bridgehead atoms. The Bertz CT molecular complexity index is 92.4. The lowest BCUT2D eigenvalue weighted by Gasteiger charge is -2.18. The molecule has 0 N–H and O–H groups in total. The third kappa shape index (κ3) is 1.21. The van der Waals surface area contributed by atoms with Crippen molar-refractivity contribution in [1.29, 1.82) is 0 Å². The van der Waals surface area contributed by atoms with Crippen molar-refractivity contribution in [1.82, 2.24) is 5.23 Å². The Hall–Kier alpha value is -0.540. The summed E-state index contributed by atoms with van der Waals surface area (Å²) in [6.07, 6.45) is 4.72. The highest BCUT2D eigenvalue weighted by molar-refractivity contribution is 4.78. The zero-order valence-corrected chi connectivity index (χ0v) is 4.83. The third-order valence-electron chi connectivity index (χ3n) is 0.910. The van der Waals surface area contributed by atoms with Gasteiger partial charge >= 0.3 is 0 Å². The zero-order valence-electron chi connectivity index (χ0n) is 4.83.